The highest BCUT2D eigenvalue weighted by molar-refractivity contribution is 5.96. The zero-order chi connectivity index (χ0) is 18.5. The first-order chi connectivity index (χ1) is 12.6. The van der Waals surface area contributed by atoms with Gasteiger partial charge in [0, 0.05) is 18.7 Å². The molecule has 2 atom stereocenters. The minimum Gasteiger partial charge on any atom is -0.497 e. The average Bonchev–Trinajstić information content (AvgIpc) is 3.02. The predicted molar refractivity (Wildman–Crippen MR) is 100 cm³/mol. The fourth-order valence-corrected chi connectivity index (χ4v) is 3.06. The van der Waals surface area contributed by atoms with Crippen molar-refractivity contribution in [1.29, 1.82) is 0 Å². The summed E-state index contributed by atoms with van der Waals surface area (Å²) in [6, 6.07) is 16.5. The van der Waals surface area contributed by atoms with E-state index in [1.165, 1.54) is 0 Å². The van der Waals surface area contributed by atoms with Gasteiger partial charge in [-0.3, -0.25) is 4.79 Å². The van der Waals surface area contributed by atoms with Crippen LogP contribution in [-0.4, -0.2) is 31.6 Å². The number of hydrogen-bond donors (Lipinski definition) is 2. The second-order valence-corrected chi connectivity index (χ2v) is 6.35. The van der Waals surface area contributed by atoms with Crippen molar-refractivity contribution in [3.63, 3.8) is 0 Å². The van der Waals surface area contributed by atoms with E-state index in [0.29, 0.717) is 13.0 Å². The summed E-state index contributed by atoms with van der Waals surface area (Å²) < 4.78 is 5.14. The Morgan fingerprint density at radius 3 is 2.50 bits per heavy atom. The third kappa shape index (κ3) is 4.14. The zero-order valence-corrected chi connectivity index (χ0v) is 14.9. The maximum absolute atomic E-state index is 12.3. The van der Waals surface area contributed by atoms with Gasteiger partial charge < -0.3 is 20.3 Å². The highest BCUT2D eigenvalue weighted by Gasteiger charge is 2.31. The van der Waals surface area contributed by atoms with Crippen molar-refractivity contribution in [3.8, 4) is 5.75 Å². The van der Waals surface area contributed by atoms with Gasteiger partial charge in [-0.1, -0.05) is 30.3 Å². The summed E-state index contributed by atoms with van der Waals surface area (Å²) in [7, 11) is 1.60. The normalized spacial score (nSPS) is 17.7. The Bertz CT molecular complexity index is 762. The lowest BCUT2D eigenvalue weighted by molar-refractivity contribution is -0.117. The molecule has 0 aliphatic carbocycles. The summed E-state index contributed by atoms with van der Waals surface area (Å²) in [6.07, 6.45) is 0.291. The van der Waals surface area contributed by atoms with Crippen LogP contribution in [0.15, 0.2) is 54.6 Å². The Labute approximate surface area is 153 Å². The number of anilines is 1. The van der Waals surface area contributed by atoms with E-state index >= 15 is 0 Å². The van der Waals surface area contributed by atoms with E-state index in [2.05, 4.69) is 10.6 Å². The number of nitrogens with zero attached hydrogens (tertiary/aromatic N) is 1. The molecule has 2 aromatic carbocycles. The van der Waals surface area contributed by atoms with Crippen molar-refractivity contribution < 1.29 is 14.3 Å². The van der Waals surface area contributed by atoms with Crippen LogP contribution in [0.2, 0.25) is 0 Å². The first kappa shape index (κ1) is 17.8. The van der Waals surface area contributed by atoms with Gasteiger partial charge in [0.15, 0.2) is 0 Å². The Kier molecular flexibility index (Phi) is 5.41. The number of carbonyl (C=O) groups excluding carboxylic acids is 2. The van der Waals surface area contributed by atoms with Crippen molar-refractivity contribution >= 4 is 17.6 Å². The molecule has 6 nitrogen and oxygen atoms in total. The first-order valence-corrected chi connectivity index (χ1v) is 8.63. The van der Waals surface area contributed by atoms with Crippen LogP contribution in [0.4, 0.5) is 10.5 Å². The van der Waals surface area contributed by atoms with Gasteiger partial charge in [0.1, 0.15) is 5.75 Å². The predicted octanol–water partition coefficient (Wildman–Crippen LogP) is 2.86. The van der Waals surface area contributed by atoms with Crippen molar-refractivity contribution in [3.05, 3.63) is 60.2 Å². The summed E-state index contributed by atoms with van der Waals surface area (Å²) in [5.74, 6) is 0.737. The standard InChI is InChI=1S/C20H23N3O3/c1-14(15-6-4-3-5-7-15)21-20(25)22-16-12-19(24)23(13-16)17-8-10-18(26-2)11-9-17/h3-11,14,16H,12-13H2,1-2H3,(H2,21,22,25)/t14-,16-/m1/s1. The van der Waals surface area contributed by atoms with Crippen LogP contribution >= 0.6 is 0 Å². The molecule has 1 aliphatic heterocycles. The lowest BCUT2D eigenvalue weighted by Crippen LogP contribution is -2.44. The number of ether oxygens (including phenoxy) is 1. The summed E-state index contributed by atoms with van der Waals surface area (Å²) >= 11 is 0. The minimum absolute atomic E-state index is 0.00317. The number of amides is 3. The van der Waals surface area contributed by atoms with E-state index in [-0.39, 0.29) is 24.0 Å². The molecule has 136 valence electrons. The third-order valence-corrected chi connectivity index (χ3v) is 4.49. The first-order valence-electron chi connectivity index (χ1n) is 8.63. The van der Waals surface area contributed by atoms with E-state index in [1.807, 2.05) is 61.5 Å². The van der Waals surface area contributed by atoms with Crippen molar-refractivity contribution in [1.82, 2.24) is 10.6 Å². The molecule has 26 heavy (non-hydrogen) atoms. The van der Waals surface area contributed by atoms with E-state index < -0.39 is 0 Å². The lowest BCUT2D eigenvalue weighted by Gasteiger charge is -2.19. The van der Waals surface area contributed by atoms with Crippen molar-refractivity contribution in [2.24, 2.45) is 0 Å². The van der Waals surface area contributed by atoms with Gasteiger partial charge in [-0.05, 0) is 36.8 Å². The quantitative estimate of drug-likeness (QED) is 0.868. The van der Waals surface area contributed by atoms with Crippen LogP contribution in [0.1, 0.15) is 24.9 Å². The molecule has 3 rings (SSSR count). The second-order valence-electron chi connectivity index (χ2n) is 6.35. The van der Waals surface area contributed by atoms with Crippen LogP contribution in [0.25, 0.3) is 0 Å². The number of rotatable bonds is 5. The SMILES string of the molecule is COc1ccc(N2C[C@H](NC(=O)N[C@H](C)c3ccccc3)CC2=O)cc1. The molecule has 0 aromatic heterocycles. The molecule has 0 saturated carbocycles. The molecule has 0 bridgehead atoms. The van der Waals surface area contributed by atoms with E-state index in [1.54, 1.807) is 12.0 Å². The van der Waals surface area contributed by atoms with Crippen molar-refractivity contribution in [2.45, 2.75) is 25.4 Å². The lowest BCUT2D eigenvalue weighted by atomic mass is 10.1. The maximum Gasteiger partial charge on any atom is 0.315 e. The monoisotopic (exact) mass is 353 g/mol. The topological polar surface area (TPSA) is 70.7 Å². The molecule has 2 N–H and O–H groups in total. The molecule has 6 heteroatoms. The van der Waals surface area contributed by atoms with E-state index in [9.17, 15) is 9.59 Å². The zero-order valence-electron chi connectivity index (χ0n) is 14.9. The number of benzene rings is 2. The maximum atomic E-state index is 12.3. The van der Waals surface area contributed by atoms with E-state index in [4.69, 9.17) is 4.74 Å². The number of hydrogen-bond acceptors (Lipinski definition) is 3. The largest absolute Gasteiger partial charge is 0.497 e. The summed E-state index contributed by atoms with van der Waals surface area (Å²) in [4.78, 5) is 26.2. The van der Waals surface area contributed by atoms with Crippen LogP contribution < -0.4 is 20.3 Å². The third-order valence-electron chi connectivity index (χ3n) is 4.49. The Morgan fingerprint density at radius 1 is 1.15 bits per heavy atom. The molecule has 0 unspecified atom stereocenters. The summed E-state index contributed by atoms with van der Waals surface area (Å²) in [5, 5.41) is 5.81. The van der Waals surface area contributed by atoms with Gasteiger partial charge in [0.05, 0.1) is 19.2 Å². The Balaban J connectivity index is 1.55. The van der Waals surface area contributed by atoms with E-state index in [0.717, 1.165) is 17.0 Å². The molecule has 1 aliphatic rings. The summed E-state index contributed by atoms with van der Waals surface area (Å²) in [6.45, 7) is 2.39. The van der Waals surface area contributed by atoms with Crippen LogP contribution in [0.3, 0.4) is 0 Å². The number of urea groups is 1. The molecule has 1 heterocycles. The molecule has 1 saturated heterocycles. The van der Waals surface area contributed by atoms with Gasteiger partial charge in [-0.2, -0.15) is 0 Å². The van der Waals surface area contributed by atoms with Gasteiger partial charge in [0.2, 0.25) is 5.91 Å². The molecule has 0 radical (unpaired) electrons. The number of nitrogens with one attached hydrogen (secondary N) is 2. The molecular formula is C20H23N3O3. The number of carbonyl (C=O) groups is 2. The Morgan fingerprint density at radius 2 is 1.85 bits per heavy atom. The molecule has 2 aromatic rings. The van der Waals surface area contributed by atoms with Crippen LogP contribution in [0, 0.1) is 0 Å². The molecular weight excluding hydrogens is 330 g/mol. The highest BCUT2D eigenvalue weighted by atomic mass is 16.5. The van der Waals surface area contributed by atoms with Gasteiger partial charge in [-0.25, -0.2) is 4.79 Å². The summed E-state index contributed by atoms with van der Waals surface area (Å²) in [5.41, 5.74) is 1.84. The van der Waals surface area contributed by atoms with Gasteiger partial charge >= 0.3 is 6.03 Å². The van der Waals surface area contributed by atoms with Gasteiger partial charge in [0.25, 0.3) is 0 Å². The smallest absolute Gasteiger partial charge is 0.315 e. The fourth-order valence-electron chi connectivity index (χ4n) is 3.06. The minimum atomic E-state index is -0.268. The van der Waals surface area contributed by atoms with Crippen LogP contribution in [0.5, 0.6) is 5.75 Å². The molecule has 3 amide bonds. The Hall–Kier alpha value is -3.02. The van der Waals surface area contributed by atoms with Crippen LogP contribution in [-0.2, 0) is 4.79 Å². The highest BCUT2D eigenvalue weighted by Crippen LogP contribution is 2.24. The number of methoxy groups -OCH3 is 1. The van der Waals surface area contributed by atoms with Gasteiger partial charge in [-0.15, -0.1) is 0 Å². The fraction of sp³-hybridized carbons (Fsp3) is 0.300. The average molecular weight is 353 g/mol. The second kappa shape index (κ2) is 7.91. The molecule has 1 fully saturated rings. The molecule has 0 spiro atoms. The van der Waals surface area contributed by atoms with Crippen molar-refractivity contribution in [2.75, 3.05) is 18.6 Å².